The molecule has 2 N–H and O–H groups in total. The van der Waals surface area contributed by atoms with Gasteiger partial charge in [-0.15, -0.1) is 0 Å². The van der Waals surface area contributed by atoms with Gasteiger partial charge < -0.3 is 15.4 Å². The third kappa shape index (κ3) is 5.01. The lowest BCUT2D eigenvalue weighted by Gasteiger charge is -2.08. The molecule has 138 valence electrons. The van der Waals surface area contributed by atoms with E-state index in [1.807, 2.05) is 24.3 Å². The number of carbonyl (C=O) groups is 1. The molecule has 0 radical (unpaired) electrons. The Hall–Kier alpha value is -3.48. The quantitative estimate of drug-likeness (QED) is 0.669. The maximum absolute atomic E-state index is 13.7. The zero-order valence-corrected chi connectivity index (χ0v) is 14.8. The molecule has 3 rings (SSSR count). The standard InChI is InChI=1S/C20H19FN4O2/c1-27-15-8-6-14(7-9-15)10-11-22-19-12-18(23-13-24-19)20(26)25-17-5-3-2-4-16(17)21/h2-9,12-13H,10-11H2,1H3,(H,25,26)(H,22,23,24). The predicted octanol–water partition coefficient (Wildman–Crippen LogP) is 3.53. The molecule has 0 aliphatic carbocycles. The van der Waals surface area contributed by atoms with E-state index in [4.69, 9.17) is 4.74 Å². The smallest absolute Gasteiger partial charge is 0.274 e. The van der Waals surface area contributed by atoms with Crippen molar-refractivity contribution in [2.24, 2.45) is 0 Å². The summed E-state index contributed by atoms with van der Waals surface area (Å²) in [6, 6.07) is 15.3. The van der Waals surface area contributed by atoms with Gasteiger partial charge in [-0.2, -0.15) is 0 Å². The number of carbonyl (C=O) groups excluding carboxylic acids is 1. The molecule has 0 bridgehead atoms. The number of hydrogen-bond acceptors (Lipinski definition) is 5. The van der Waals surface area contributed by atoms with Gasteiger partial charge in [-0.3, -0.25) is 4.79 Å². The van der Waals surface area contributed by atoms with E-state index in [0.717, 1.165) is 17.7 Å². The van der Waals surface area contributed by atoms with Crippen LogP contribution < -0.4 is 15.4 Å². The Bertz CT molecular complexity index is 916. The first-order chi connectivity index (χ1) is 13.2. The first-order valence-corrected chi connectivity index (χ1v) is 8.40. The topological polar surface area (TPSA) is 76.1 Å². The van der Waals surface area contributed by atoms with E-state index in [-0.39, 0.29) is 11.4 Å². The Morgan fingerprint density at radius 3 is 2.63 bits per heavy atom. The van der Waals surface area contributed by atoms with Crippen LogP contribution in [0.2, 0.25) is 0 Å². The van der Waals surface area contributed by atoms with Gasteiger partial charge in [-0.05, 0) is 36.2 Å². The number of rotatable bonds is 7. The molecular formula is C20H19FN4O2. The molecule has 3 aromatic rings. The normalized spacial score (nSPS) is 10.3. The molecule has 2 aromatic carbocycles. The summed E-state index contributed by atoms with van der Waals surface area (Å²) in [7, 11) is 1.63. The van der Waals surface area contributed by atoms with Crippen molar-refractivity contribution < 1.29 is 13.9 Å². The predicted molar refractivity (Wildman–Crippen MR) is 102 cm³/mol. The lowest BCUT2D eigenvalue weighted by molar-refractivity contribution is 0.102. The molecule has 1 amide bonds. The van der Waals surface area contributed by atoms with E-state index in [0.29, 0.717) is 12.4 Å². The molecule has 27 heavy (non-hydrogen) atoms. The molecule has 0 unspecified atom stereocenters. The minimum atomic E-state index is -0.502. The second kappa shape index (κ2) is 8.75. The summed E-state index contributed by atoms with van der Waals surface area (Å²) < 4.78 is 18.8. The number of anilines is 2. The Balaban J connectivity index is 1.58. The molecule has 0 atom stereocenters. The Labute approximate surface area is 156 Å². The van der Waals surface area contributed by atoms with Crippen LogP contribution in [0, 0.1) is 5.82 Å². The fraction of sp³-hybridized carbons (Fsp3) is 0.150. The van der Waals surface area contributed by atoms with Crippen molar-refractivity contribution in [3.8, 4) is 5.75 Å². The summed E-state index contributed by atoms with van der Waals surface area (Å²) in [5.74, 6) is 0.337. The molecule has 0 saturated heterocycles. The fourth-order valence-electron chi connectivity index (χ4n) is 2.45. The summed E-state index contributed by atoms with van der Waals surface area (Å²) in [6.07, 6.45) is 2.08. The minimum Gasteiger partial charge on any atom is -0.497 e. The lowest BCUT2D eigenvalue weighted by atomic mass is 10.1. The number of nitrogens with zero attached hydrogens (tertiary/aromatic N) is 2. The molecule has 7 heteroatoms. The number of hydrogen-bond donors (Lipinski definition) is 2. The lowest BCUT2D eigenvalue weighted by Crippen LogP contribution is -2.16. The Morgan fingerprint density at radius 2 is 1.89 bits per heavy atom. The van der Waals surface area contributed by atoms with E-state index in [1.165, 1.54) is 24.5 Å². The van der Waals surface area contributed by atoms with E-state index >= 15 is 0 Å². The Morgan fingerprint density at radius 1 is 1.11 bits per heavy atom. The molecule has 1 aromatic heterocycles. The van der Waals surface area contributed by atoms with Gasteiger partial charge in [0.25, 0.3) is 5.91 Å². The van der Waals surface area contributed by atoms with Crippen LogP contribution in [0.4, 0.5) is 15.9 Å². The van der Waals surface area contributed by atoms with Crippen molar-refractivity contribution in [1.29, 1.82) is 0 Å². The van der Waals surface area contributed by atoms with Gasteiger partial charge >= 0.3 is 0 Å². The van der Waals surface area contributed by atoms with Crippen LogP contribution in [0.5, 0.6) is 5.75 Å². The van der Waals surface area contributed by atoms with Crippen LogP contribution in [0.3, 0.4) is 0 Å². The fourth-order valence-corrected chi connectivity index (χ4v) is 2.45. The molecule has 0 saturated carbocycles. The number of ether oxygens (including phenoxy) is 1. The second-order valence-electron chi connectivity index (χ2n) is 5.75. The maximum atomic E-state index is 13.7. The summed E-state index contributed by atoms with van der Waals surface area (Å²) in [5.41, 5.74) is 1.41. The first-order valence-electron chi connectivity index (χ1n) is 8.40. The van der Waals surface area contributed by atoms with Crippen molar-refractivity contribution in [1.82, 2.24) is 9.97 Å². The average Bonchev–Trinajstić information content (AvgIpc) is 2.70. The van der Waals surface area contributed by atoms with Gasteiger partial charge in [0.2, 0.25) is 0 Å². The van der Waals surface area contributed by atoms with Crippen molar-refractivity contribution in [2.75, 3.05) is 24.3 Å². The highest BCUT2D eigenvalue weighted by molar-refractivity contribution is 6.03. The third-order valence-electron chi connectivity index (χ3n) is 3.90. The van der Waals surface area contributed by atoms with Gasteiger partial charge in [-0.25, -0.2) is 14.4 Å². The number of methoxy groups -OCH3 is 1. The maximum Gasteiger partial charge on any atom is 0.274 e. The monoisotopic (exact) mass is 366 g/mol. The van der Waals surface area contributed by atoms with Crippen molar-refractivity contribution in [3.05, 3.63) is 78.0 Å². The highest BCUT2D eigenvalue weighted by Gasteiger charge is 2.11. The van der Waals surface area contributed by atoms with Crippen LogP contribution in [0.15, 0.2) is 60.9 Å². The highest BCUT2D eigenvalue weighted by atomic mass is 19.1. The average molecular weight is 366 g/mol. The van der Waals surface area contributed by atoms with Gasteiger partial charge in [0.05, 0.1) is 12.8 Å². The second-order valence-corrected chi connectivity index (χ2v) is 5.75. The molecule has 6 nitrogen and oxygen atoms in total. The van der Waals surface area contributed by atoms with E-state index in [2.05, 4.69) is 20.6 Å². The first kappa shape index (κ1) is 18.3. The molecule has 0 aliphatic rings. The summed E-state index contributed by atoms with van der Waals surface area (Å²) >= 11 is 0. The number of halogens is 1. The highest BCUT2D eigenvalue weighted by Crippen LogP contribution is 2.15. The number of benzene rings is 2. The van der Waals surface area contributed by atoms with E-state index < -0.39 is 11.7 Å². The number of amides is 1. The van der Waals surface area contributed by atoms with E-state index in [1.54, 1.807) is 19.2 Å². The zero-order chi connectivity index (χ0) is 19.1. The van der Waals surface area contributed by atoms with Crippen LogP contribution in [-0.2, 0) is 6.42 Å². The van der Waals surface area contributed by atoms with Crippen molar-refractivity contribution >= 4 is 17.4 Å². The van der Waals surface area contributed by atoms with Gasteiger partial charge in [0, 0.05) is 12.6 Å². The van der Waals surface area contributed by atoms with Crippen LogP contribution in [-0.4, -0.2) is 29.5 Å². The SMILES string of the molecule is COc1ccc(CCNc2cc(C(=O)Nc3ccccc3F)ncn2)cc1. The van der Waals surface area contributed by atoms with Gasteiger partial charge in [0.1, 0.15) is 29.4 Å². The summed E-state index contributed by atoms with van der Waals surface area (Å²) in [4.78, 5) is 20.3. The molecule has 0 spiro atoms. The number of para-hydroxylation sites is 1. The van der Waals surface area contributed by atoms with Crippen molar-refractivity contribution in [3.63, 3.8) is 0 Å². The van der Waals surface area contributed by atoms with E-state index in [9.17, 15) is 9.18 Å². The zero-order valence-electron chi connectivity index (χ0n) is 14.8. The summed E-state index contributed by atoms with van der Waals surface area (Å²) in [5, 5.41) is 5.66. The van der Waals surface area contributed by atoms with Crippen LogP contribution in [0.1, 0.15) is 16.1 Å². The number of aromatic nitrogens is 2. The van der Waals surface area contributed by atoms with Crippen LogP contribution >= 0.6 is 0 Å². The Kier molecular flexibility index (Phi) is 5.94. The summed E-state index contributed by atoms with van der Waals surface area (Å²) in [6.45, 7) is 0.637. The van der Waals surface area contributed by atoms with Crippen LogP contribution in [0.25, 0.3) is 0 Å². The number of nitrogens with one attached hydrogen (secondary N) is 2. The van der Waals surface area contributed by atoms with Gasteiger partial charge in [0.15, 0.2) is 0 Å². The van der Waals surface area contributed by atoms with Crippen molar-refractivity contribution in [2.45, 2.75) is 6.42 Å². The van der Waals surface area contributed by atoms with Gasteiger partial charge in [-0.1, -0.05) is 24.3 Å². The molecule has 1 heterocycles. The molecular weight excluding hydrogens is 347 g/mol. The third-order valence-corrected chi connectivity index (χ3v) is 3.90. The minimum absolute atomic E-state index is 0.107. The molecule has 0 fully saturated rings. The molecule has 0 aliphatic heterocycles. The largest absolute Gasteiger partial charge is 0.497 e.